The zero-order valence-electron chi connectivity index (χ0n) is 12.7. The van der Waals surface area contributed by atoms with Crippen LogP contribution in [-0.2, 0) is 11.8 Å². The van der Waals surface area contributed by atoms with Gasteiger partial charge in [-0.25, -0.2) is 4.79 Å². The Morgan fingerprint density at radius 3 is 2.74 bits per heavy atom. The van der Waals surface area contributed by atoms with E-state index in [9.17, 15) is 9.59 Å². The number of hydrogen-bond acceptors (Lipinski definition) is 5. The monoisotopic (exact) mass is 316 g/mol. The lowest BCUT2D eigenvalue weighted by molar-refractivity contribution is -0.139. The fourth-order valence-electron chi connectivity index (χ4n) is 1.87. The molecule has 2 rings (SSSR count). The molecule has 0 amide bonds. The number of aryl methyl sites for hydroxylation is 1. The fourth-order valence-corrected chi connectivity index (χ4v) is 1.87. The molecule has 0 unspecified atom stereocenters. The average Bonchev–Trinajstić information content (AvgIpc) is 2.95. The molecule has 0 atom stereocenters. The third-order valence-electron chi connectivity index (χ3n) is 2.95. The molecule has 7 nitrogen and oxygen atoms in total. The van der Waals surface area contributed by atoms with E-state index in [0.29, 0.717) is 11.3 Å². The lowest BCUT2D eigenvalue weighted by Crippen LogP contribution is -2.10. The molecule has 1 N–H and O–H groups in total. The molecule has 2 aromatic rings. The molecule has 0 bridgehead atoms. The summed E-state index contributed by atoms with van der Waals surface area (Å²) in [7, 11) is 3.21. The molecule has 23 heavy (non-hydrogen) atoms. The first-order chi connectivity index (χ1) is 11.0. The highest BCUT2D eigenvalue weighted by atomic mass is 16.5. The number of rotatable bonds is 7. The van der Waals surface area contributed by atoms with Crippen molar-refractivity contribution in [1.29, 1.82) is 0 Å². The largest absolute Gasteiger partial charge is 0.493 e. The minimum absolute atomic E-state index is 0.211. The number of carboxylic acid groups (broad SMARTS) is 1. The number of aromatic nitrogens is 2. The van der Waals surface area contributed by atoms with Gasteiger partial charge in [0.05, 0.1) is 13.3 Å². The fraction of sp³-hybridized carbons (Fsp3) is 0.188. The first kappa shape index (κ1) is 16.3. The van der Waals surface area contributed by atoms with Crippen LogP contribution in [0.25, 0.3) is 6.08 Å². The van der Waals surface area contributed by atoms with E-state index < -0.39 is 12.6 Å². The highest BCUT2D eigenvalue weighted by molar-refractivity contribution is 6.07. The Labute approximate surface area is 132 Å². The third kappa shape index (κ3) is 4.44. The summed E-state index contributed by atoms with van der Waals surface area (Å²) in [6, 6.07) is 4.57. The van der Waals surface area contributed by atoms with Gasteiger partial charge in [0, 0.05) is 24.4 Å². The Hall–Kier alpha value is -3.09. The number of carboxylic acids is 1. The maximum atomic E-state index is 12.2. The summed E-state index contributed by atoms with van der Waals surface area (Å²) < 4.78 is 11.9. The SMILES string of the molecule is COc1cc(C(=O)/C=C\c2cnn(C)c2)ccc1OCC(=O)O. The van der Waals surface area contributed by atoms with Crippen LogP contribution in [0.4, 0.5) is 0 Å². The first-order valence-corrected chi connectivity index (χ1v) is 6.73. The molecule has 0 radical (unpaired) electrons. The maximum Gasteiger partial charge on any atom is 0.341 e. The summed E-state index contributed by atoms with van der Waals surface area (Å²) in [5.74, 6) is -0.738. The van der Waals surface area contributed by atoms with Gasteiger partial charge < -0.3 is 14.6 Å². The average molecular weight is 316 g/mol. The third-order valence-corrected chi connectivity index (χ3v) is 2.95. The molecule has 1 heterocycles. The van der Waals surface area contributed by atoms with E-state index in [1.54, 1.807) is 36.3 Å². The van der Waals surface area contributed by atoms with Crippen molar-refractivity contribution in [2.75, 3.05) is 13.7 Å². The van der Waals surface area contributed by atoms with Crippen molar-refractivity contribution >= 4 is 17.8 Å². The number of aliphatic carboxylic acids is 1. The van der Waals surface area contributed by atoms with Crippen LogP contribution in [0.5, 0.6) is 11.5 Å². The summed E-state index contributed by atoms with van der Waals surface area (Å²) in [6.07, 6.45) is 6.53. The van der Waals surface area contributed by atoms with Crippen molar-refractivity contribution < 1.29 is 24.2 Å². The second kappa shape index (κ2) is 7.26. The van der Waals surface area contributed by atoms with E-state index in [-0.39, 0.29) is 11.5 Å². The van der Waals surface area contributed by atoms with Crippen molar-refractivity contribution in [1.82, 2.24) is 9.78 Å². The zero-order valence-corrected chi connectivity index (χ0v) is 12.7. The number of methoxy groups -OCH3 is 1. The smallest absolute Gasteiger partial charge is 0.341 e. The van der Waals surface area contributed by atoms with Crippen LogP contribution in [0.3, 0.4) is 0 Å². The molecule has 0 spiro atoms. The van der Waals surface area contributed by atoms with Gasteiger partial charge in [-0.15, -0.1) is 0 Å². The van der Waals surface area contributed by atoms with Crippen LogP contribution < -0.4 is 9.47 Å². The van der Waals surface area contributed by atoms with Gasteiger partial charge in [0.25, 0.3) is 0 Å². The van der Waals surface area contributed by atoms with Crippen LogP contribution in [0, 0.1) is 0 Å². The van der Waals surface area contributed by atoms with Gasteiger partial charge >= 0.3 is 5.97 Å². The molecule has 0 aliphatic rings. The lowest BCUT2D eigenvalue weighted by atomic mass is 10.1. The molecule has 7 heteroatoms. The number of hydrogen-bond donors (Lipinski definition) is 1. The number of allylic oxidation sites excluding steroid dienone is 1. The maximum absolute atomic E-state index is 12.2. The van der Waals surface area contributed by atoms with Crippen LogP contribution in [0.15, 0.2) is 36.7 Å². The van der Waals surface area contributed by atoms with Gasteiger partial charge in [0.15, 0.2) is 23.9 Å². The van der Waals surface area contributed by atoms with Gasteiger partial charge in [0.2, 0.25) is 0 Å². The molecule has 0 aliphatic carbocycles. The predicted octanol–water partition coefficient (Wildman–Crippen LogP) is 1.79. The molecule has 0 aliphatic heterocycles. The number of benzene rings is 1. The molecule has 1 aromatic carbocycles. The van der Waals surface area contributed by atoms with Gasteiger partial charge in [-0.1, -0.05) is 0 Å². The molecule has 0 saturated heterocycles. The van der Waals surface area contributed by atoms with Crippen LogP contribution >= 0.6 is 0 Å². The Morgan fingerprint density at radius 2 is 2.13 bits per heavy atom. The van der Waals surface area contributed by atoms with Crippen molar-refractivity contribution in [2.24, 2.45) is 7.05 Å². The Kier molecular flexibility index (Phi) is 5.14. The van der Waals surface area contributed by atoms with E-state index in [4.69, 9.17) is 14.6 Å². The van der Waals surface area contributed by atoms with Crippen molar-refractivity contribution in [3.05, 3.63) is 47.8 Å². The quantitative estimate of drug-likeness (QED) is 0.618. The van der Waals surface area contributed by atoms with E-state index in [0.717, 1.165) is 5.56 Å². The van der Waals surface area contributed by atoms with Crippen LogP contribution in [0.2, 0.25) is 0 Å². The van der Waals surface area contributed by atoms with Crippen LogP contribution in [-0.4, -0.2) is 40.4 Å². The molecule has 120 valence electrons. The Balaban J connectivity index is 2.14. The highest BCUT2D eigenvalue weighted by Gasteiger charge is 2.10. The zero-order chi connectivity index (χ0) is 16.8. The minimum Gasteiger partial charge on any atom is -0.493 e. The topological polar surface area (TPSA) is 90.6 Å². The summed E-state index contributed by atoms with van der Waals surface area (Å²) in [4.78, 5) is 22.7. The lowest BCUT2D eigenvalue weighted by Gasteiger charge is -2.09. The Morgan fingerprint density at radius 1 is 1.35 bits per heavy atom. The second-order valence-corrected chi connectivity index (χ2v) is 4.69. The summed E-state index contributed by atoms with van der Waals surface area (Å²) >= 11 is 0. The molecule has 0 fully saturated rings. The van der Waals surface area contributed by atoms with Gasteiger partial charge in [-0.05, 0) is 30.4 Å². The van der Waals surface area contributed by atoms with E-state index >= 15 is 0 Å². The van der Waals surface area contributed by atoms with E-state index in [1.807, 2.05) is 0 Å². The standard InChI is InChI=1S/C16H16N2O5/c1-18-9-11(8-17-18)3-5-13(19)12-4-6-14(15(7-12)22-2)23-10-16(20)21/h3-9H,10H2,1-2H3,(H,20,21)/b5-3-. The van der Waals surface area contributed by atoms with E-state index in [2.05, 4.69) is 5.10 Å². The predicted molar refractivity (Wildman–Crippen MR) is 82.7 cm³/mol. The van der Waals surface area contributed by atoms with Gasteiger partial charge in [-0.2, -0.15) is 5.10 Å². The summed E-state index contributed by atoms with van der Waals surface area (Å²) in [6.45, 7) is -0.482. The second-order valence-electron chi connectivity index (χ2n) is 4.69. The summed E-state index contributed by atoms with van der Waals surface area (Å²) in [5, 5.41) is 12.6. The highest BCUT2D eigenvalue weighted by Crippen LogP contribution is 2.28. The van der Waals surface area contributed by atoms with Crippen molar-refractivity contribution in [2.45, 2.75) is 0 Å². The van der Waals surface area contributed by atoms with Crippen molar-refractivity contribution in [3.8, 4) is 11.5 Å². The van der Waals surface area contributed by atoms with Crippen molar-refractivity contribution in [3.63, 3.8) is 0 Å². The molecule has 1 aromatic heterocycles. The minimum atomic E-state index is -1.09. The summed E-state index contributed by atoms with van der Waals surface area (Å²) in [5.41, 5.74) is 1.22. The van der Waals surface area contributed by atoms with Crippen LogP contribution in [0.1, 0.15) is 15.9 Å². The number of carbonyl (C=O) groups excluding carboxylic acids is 1. The molecular weight excluding hydrogens is 300 g/mol. The van der Waals surface area contributed by atoms with E-state index in [1.165, 1.54) is 25.3 Å². The normalized spacial score (nSPS) is 10.7. The van der Waals surface area contributed by atoms with Gasteiger partial charge in [-0.3, -0.25) is 9.48 Å². The molecule has 0 saturated carbocycles. The number of nitrogens with zero attached hydrogens (tertiary/aromatic N) is 2. The number of ketones is 1. The Bertz CT molecular complexity index is 749. The number of carbonyl (C=O) groups is 2. The number of ether oxygens (including phenoxy) is 2. The first-order valence-electron chi connectivity index (χ1n) is 6.73. The molecular formula is C16H16N2O5. The van der Waals surface area contributed by atoms with Gasteiger partial charge in [0.1, 0.15) is 0 Å².